The fourth-order valence-electron chi connectivity index (χ4n) is 3.92. The zero-order chi connectivity index (χ0) is 21.5. The van der Waals surface area contributed by atoms with Gasteiger partial charge in [0.2, 0.25) is 0 Å². The van der Waals surface area contributed by atoms with Gasteiger partial charge in [0.05, 0.1) is 6.61 Å². The van der Waals surface area contributed by atoms with Gasteiger partial charge in [0, 0.05) is 6.54 Å². The van der Waals surface area contributed by atoms with Gasteiger partial charge in [-0.15, -0.1) is 0 Å². The molecule has 0 spiro atoms. The minimum absolute atomic E-state index is 0.838. The summed E-state index contributed by atoms with van der Waals surface area (Å²) in [6, 6.07) is 8.59. The number of rotatable bonds is 22. The molecule has 0 aliphatic carbocycles. The van der Waals surface area contributed by atoms with Crippen molar-refractivity contribution in [3.05, 3.63) is 29.8 Å². The highest BCUT2D eigenvalue weighted by Gasteiger charge is 1.97. The Labute approximate surface area is 188 Å². The lowest BCUT2D eigenvalue weighted by Crippen LogP contribution is -2.14. The Morgan fingerprint density at radius 1 is 0.567 bits per heavy atom. The zero-order valence-electron chi connectivity index (χ0n) is 20.4. The molecular weight excluding hydrogens is 366 g/mol. The Kier molecular flexibility index (Phi) is 19.1. The number of hydrogen-bond acceptors (Lipinski definition) is 2. The van der Waals surface area contributed by atoms with E-state index in [2.05, 4.69) is 43.4 Å². The number of nitrogens with one attached hydrogen (secondary N) is 1. The van der Waals surface area contributed by atoms with Crippen LogP contribution in [0.3, 0.4) is 0 Å². The number of hydrogen-bond donors (Lipinski definition) is 1. The molecule has 0 unspecified atom stereocenters. The second-order valence-corrected chi connectivity index (χ2v) is 8.97. The van der Waals surface area contributed by atoms with E-state index in [0.717, 1.165) is 31.9 Å². The lowest BCUT2D eigenvalue weighted by atomic mass is 10.0. The molecule has 0 heterocycles. The van der Waals surface area contributed by atoms with Crippen LogP contribution in [0.2, 0.25) is 0 Å². The summed E-state index contributed by atoms with van der Waals surface area (Å²) in [6.45, 7) is 7.45. The van der Waals surface area contributed by atoms with Crippen LogP contribution in [0.4, 0.5) is 0 Å². The maximum atomic E-state index is 5.78. The molecule has 0 aromatic heterocycles. The van der Waals surface area contributed by atoms with Gasteiger partial charge in [-0.1, -0.05) is 122 Å². The van der Waals surface area contributed by atoms with Crippen molar-refractivity contribution in [3.8, 4) is 5.75 Å². The molecule has 1 aromatic rings. The monoisotopic (exact) mass is 417 g/mol. The molecule has 0 aliphatic rings. The molecule has 0 saturated carbocycles. The Morgan fingerprint density at radius 3 is 1.57 bits per heavy atom. The summed E-state index contributed by atoms with van der Waals surface area (Å²) in [7, 11) is 0. The van der Waals surface area contributed by atoms with Crippen molar-refractivity contribution >= 4 is 0 Å². The molecule has 0 aliphatic heterocycles. The van der Waals surface area contributed by atoms with Crippen LogP contribution in [-0.2, 0) is 6.54 Å². The lowest BCUT2D eigenvalue weighted by molar-refractivity contribution is 0.306. The summed E-state index contributed by atoms with van der Waals surface area (Å²) in [4.78, 5) is 0. The maximum absolute atomic E-state index is 5.78. The molecule has 0 amide bonds. The second kappa shape index (κ2) is 21.2. The summed E-state index contributed by atoms with van der Waals surface area (Å²) in [6.07, 6.45) is 23.6. The van der Waals surface area contributed by atoms with Gasteiger partial charge >= 0.3 is 0 Å². The van der Waals surface area contributed by atoms with Crippen molar-refractivity contribution in [3.63, 3.8) is 0 Å². The van der Waals surface area contributed by atoms with Gasteiger partial charge in [-0.05, 0) is 37.1 Å². The Hall–Kier alpha value is -1.02. The molecule has 0 saturated heterocycles. The summed E-state index contributed by atoms with van der Waals surface area (Å²) in [5, 5.41) is 3.58. The first kappa shape index (κ1) is 27.0. The first-order valence-electron chi connectivity index (χ1n) is 13.3. The minimum atomic E-state index is 0.838. The molecule has 2 nitrogen and oxygen atoms in total. The molecule has 0 radical (unpaired) electrons. The highest BCUT2D eigenvalue weighted by molar-refractivity contribution is 5.27. The molecule has 174 valence electrons. The SMILES string of the molecule is CCCCCCCCCCCCCCCCNCc1ccc(OCCCCC)cc1. The number of unbranched alkanes of at least 4 members (excludes halogenated alkanes) is 15. The number of ether oxygens (including phenoxy) is 1. The van der Waals surface area contributed by atoms with Crippen molar-refractivity contribution in [2.75, 3.05) is 13.2 Å². The smallest absolute Gasteiger partial charge is 0.119 e. The number of benzene rings is 1. The third-order valence-electron chi connectivity index (χ3n) is 5.98. The van der Waals surface area contributed by atoms with Crippen LogP contribution in [0.25, 0.3) is 0 Å². The first-order chi connectivity index (χ1) is 14.9. The molecular formula is C28H51NO. The van der Waals surface area contributed by atoms with Crippen LogP contribution < -0.4 is 10.1 Å². The zero-order valence-corrected chi connectivity index (χ0v) is 20.4. The van der Waals surface area contributed by atoms with Crippen molar-refractivity contribution in [2.24, 2.45) is 0 Å². The van der Waals surface area contributed by atoms with E-state index >= 15 is 0 Å². The largest absolute Gasteiger partial charge is 0.494 e. The van der Waals surface area contributed by atoms with Crippen molar-refractivity contribution in [2.45, 2.75) is 130 Å². The topological polar surface area (TPSA) is 21.3 Å². The Morgan fingerprint density at radius 2 is 1.03 bits per heavy atom. The van der Waals surface area contributed by atoms with E-state index in [1.807, 2.05) is 0 Å². The summed E-state index contributed by atoms with van der Waals surface area (Å²) in [5.41, 5.74) is 1.35. The normalized spacial score (nSPS) is 11.1. The predicted octanol–water partition coefficient (Wildman–Crippen LogP) is 8.83. The molecule has 30 heavy (non-hydrogen) atoms. The van der Waals surface area contributed by atoms with Gasteiger partial charge in [-0.2, -0.15) is 0 Å². The summed E-state index contributed by atoms with van der Waals surface area (Å²) < 4.78 is 5.78. The van der Waals surface area contributed by atoms with Crippen LogP contribution in [-0.4, -0.2) is 13.2 Å². The molecule has 1 rings (SSSR count). The Bertz CT molecular complexity index is 456. The highest BCUT2D eigenvalue weighted by atomic mass is 16.5. The Balaban J connectivity index is 1.83. The third kappa shape index (κ3) is 16.7. The van der Waals surface area contributed by atoms with Crippen LogP contribution in [0.15, 0.2) is 24.3 Å². The van der Waals surface area contributed by atoms with Gasteiger partial charge in [0.25, 0.3) is 0 Å². The molecule has 0 bridgehead atoms. The van der Waals surface area contributed by atoms with E-state index < -0.39 is 0 Å². The van der Waals surface area contributed by atoms with E-state index in [0.29, 0.717) is 0 Å². The third-order valence-corrected chi connectivity index (χ3v) is 5.98. The fraction of sp³-hybridized carbons (Fsp3) is 0.786. The van der Waals surface area contributed by atoms with Crippen molar-refractivity contribution in [1.29, 1.82) is 0 Å². The van der Waals surface area contributed by atoms with E-state index in [9.17, 15) is 0 Å². The van der Waals surface area contributed by atoms with E-state index in [1.165, 1.54) is 108 Å². The van der Waals surface area contributed by atoms with Crippen LogP contribution in [0.5, 0.6) is 5.75 Å². The van der Waals surface area contributed by atoms with E-state index in [4.69, 9.17) is 4.74 Å². The van der Waals surface area contributed by atoms with Crippen LogP contribution in [0, 0.1) is 0 Å². The summed E-state index contributed by atoms with van der Waals surface area (Å²) >= 11 is 0. The van der Waals surface area contributed by atoms with E-state index in [1.54, 1.807) is 0 Å². The quantitative estimate of drug-likeness (QED) is 0.190. The average Bonchev–Trinajstić information content (AvgIpc) is 2.77. The first-order valence-corrected chi connectivity index (χ1v) is 13.3. The van der Waals surface area contributed by atoms with Crippen LogP contribution in [0.1, 0.15) is 129 Å². The molecule has 0 atom stereocenters. The molecule has 1 aromatic carbocycles. The van der Waals surface area contributed by atoms with Gasteiger partial charge in [-0.3, -0.25) is 0 Å². The lowest BCUT2D eigenvalue weighted by Gasteiger charge is -2.08. The maximum Gasteiger partial charge on any atom is 0.119 e. The highest BCUT2D eigenvalue weighted by Crippen LogP contribution is 2.14. The van der Waals surface area contributed by atoms with Gasteiger partial charge in [0.1, 0.15) is 5.75 Å². The second-order valence-electron chi connectivity index (χ2n) is 8.97. The van der Waals surface area contributed by atoms with Gasteiger partial charge in [0.15, 0.2) is 0 Å². The average molecular weight is 418 g/mol. The van der Waals surface area contributed by atoms with Crippen LogP contribution >= 0.6 is 0 Å². The van der Waals surface area contributed by atoms with Gasteiger partial charge in [-0.25, -0.2) is 0 Å². The summed E-state index contributed by atoms with van der Waals surface area (Å²) in [5.74, 6) is 1.00. The van der Waals surface area contributed by atoms with Crippen molar-refractivity contribution in [1.82, 2.24) is 5.32 Å². The van der Waals surface area contributed by atoms with E-state index in [-0.39, 0.29) is 0 Å². The molecule has 2 heteroatoms. The van der Waals surface area contributed by atoms with Gasteiger partial charge < -0.3 is 10.1 Å². The molecule has 1 N–H and O–H groups in total. The minimum Gasteiger partial charge on any atom is -0.494 e. The van der Waals surface area contributed by atoms with Crippen molar-refractivity contribution < 1.29 is 4.74 Å². The molecule has 0 fully saturated rings. The predicted molar refractivity (Wildman–Crippen MR) is 133 cm³/mol. The fourth-order valence-corrected chi connectivity index (χ4v) is 3.92. The standard InChI is InChI=1S/C28H51NO/c1-3-5-7-8-9-10-11-12-13-14-15-16-17-18-24-29-26-27-20-22-28(23-21-27)30-25-19-6-4-2/h20-23,29H,3-19,24-26H2,1-2H3.